The van der Waals surface area contributed by atoms with Crippen LogP contribution in [0.3, 0.4) is 0 Å². The SMILES string of the molecule is O=C(Cc1ccc2c(c1)CCC2)Nc1ccc(F)c([N+](=O)[O-])c1. The van der Waals surface area contributed by atoms with E-state index in [9.17, 15) is 19.3 Å². The number of aryl methyl sites for hydroxylation is 2. The van der Waals surface area contributed by atoms with Crippen molar-refractivity contribution in [2.45, 2.75) is 25.7 Å². The summed E-state index contributed by atoms with van der Waals surface area (Å²) >= 11 is 0. The maximum atomic E-state index is 13.3. The molecule has 1 aliphatic rings. The van der Waals surface area contributed by atoms with Crippen molar-refractivity contribution in [2.24, 2.45) is 0 Å². The van der Waals surface area contributed by atoms with Gasteiger partial charge in [0.2, 0.25) is 11.7 Å². The fourth-order valence-electron chi connectivity index (χ4n) is 2.86. The number of carbonyl (C=O) groups is 1. The van der Waals surface area contributed by atoms with Crippen LogP contribution in [0.25, 0.3) is 0 Å². The average molecular weight is 314 g/mol. The maximum Gasteiger partial charge on any atom is 0.306 e. The van der Waals surface area contributed by atoms with Crippen molar-refractivity contribution in [1.82, 2.24) is 0 Å². The van der Waals surface area contributed by atoms with Crippen LogP contribution >= 0.6 is 0 Å². The molecule has 118 valence electrons. The third kappa shape index (κ3) is 3.36. The fourth-order valence-corrected chi connectivity index (χ4v) is 2.86. The van der Waals surface area contributed by atoms with Gasteiger partial charge in [-0.05, 0) is 48.1 Å². The van der Waals surface area contributed by atoms with E-state index in [1.807, 2.05) is 18.2 Å². The first-order valence-electron chi connectivity index (χ1n) is 7.37. The Morgan fingerprint density at radius 3 is 2.74 bits per heavy atom. The molecule has 0 heterocycles. The standard InChI is InChI=1S/C17H15FN2O3/c18-15-7-6-14(10-16(15)20(22)23)19-17(21)9-11-4-5-12-2-1-3-13(12)8-11/h4-8,10H,1-3,9H2,(H,19,21). The molecule has 2 aromatic rings. The second kappa shape index (κ2) is 6.16. The van der Waals surface area contributed by atoms with Crippen LogP contribution in [0.1, 0.15) is 23.1 Å². The van der Waals surface area contributed by atoms with E-state index < -0.39 is 16.4 Å². The summed E-state index contributed by atoms with van der Waals surface area (Å²) in [5.41, 5.74) is 3.08. The molecule has 3 rings (SSSR count). The van der Waals surface area contributed by atoms with Gasteiger partial charge in [-0.25, -0.2) is 0 Å². The van der Waals surface area contributed by atoms with E-state index in [4.69, 9.17) is 0 Å². The Morgan fingerprint density at radius 1 is 1.17 bits per heavy atom. The number of hydrogen-bond donors (Lipinski definition) is 1. The number of fused-ring (bicyclic) bond motifs is 1. The van der Waals surface area contributed by atoms with E-state index in [0.717, 1.165) is 37.0 Å². The Morgan fingerprint density at radius 2 is 1.96 bits per heavy atom. The number of anilines is 1. The average Bonchev–Trinajstić information content (AvgIpc) is 2.96. The van der Waals surface area contributed by atoms with Crippen molar-refractivity contribution < 1.29 is 14.1 Å². The highest BCUT2D eigenvalue weighted by atomic mass is 19.1. The number of carbonyl (C=O) groups excluding carboxylic acids is 1. The van der Waals surface area contributed by atoms with Crippen LogP contribution in [-0.4, -0.2) is 10.8 Å². The number of halogens is 1. The predicted octanol–water partition coefficient (Wildman–Crippen LogP) is 3.40. The molecule has 1 N–H and O–H groups in total. The van der Waals surface area contributed by atoms with E-state index in [-0.39, 0.29) is 18.0 Å². The van der Waals surface area contributed by atoms with Gasteiger partial charge < -0.3 is 5.32 Å². The number of nitro benzene ring substituents is 1. The van der Waals surface area contributed by atoms with Crippen LogP contribution in [0, 0.1) is 15.9 Å². The van der Waals surface area contributed by atoms with Gasteiger partial charge in [0.1, 0.15) is 0 Å². The van der Waals surface area contributed by atoms with Gasteiger partial charge >= 0.3 is 5.69 Å². The van der Waals surface area contributed by atoms with Crippen LogP contribution in [0.15, 0.2) is 36.4 Å². The minimum atomic E-state index is -0.924. The van der Waals surface area contributed by atoms with Gasteiger partial charge in [-0.15, -0.1) is 0 Å². The lowest BCUT2D eigenvalue weighted by Crippen LogP contribution is -2.14. The van der Waals surface area contributed by atoms with Crippen LogP contribution in [-0.2, 0) is 24.1 Å². The minimum Gasteiger partial charge on any atom is -0.326 e. The van der Waals surface area contributed by atoms with Gasteiger partial charge in [-0.2, -0.15) is 4.39 Å². The second-order valence-electron chi connectivity index (χ2n) is 5.60. The quantitative estimate of drug-likeness (QED) is 0.694. The number of nitrogens with zero attached hydrogens (tertiary/aromatic N) is 1. The molecule has 0 atom stereocenters. The third-order valence-corrected chi connectivity index (χ3v) is 3.95. The van der Waals surface area contributed by atoms with Crippen molar-refractivity contribution >= 4 is 17.3 Å². The molecule has 0 aliphatic heterocycles. The van der Waals surface area contributed by atoms with Crippen molar-refractivity contribution in [3.63, 3.8) is 0 Å². The molecular weight excluding hydrogens is 299 g/mol. The molecule has 0 unspecified atom stereocenters. The van der Waals surface area contributed by atoms with Crippen molar-refractivity contribution in [3.05, 3.63) is 69.0 Å². The van der Waals surface area contributed by atoms with E-state index in [2.05, 4.69) is 5.32 Å². The van der Waals surface area contributed by atoms with Gasteiger partial charge in [0, 0.05) is 11.8 Å². The zero-order valence-corrected chi connectivity index (χ0v) is 12.3. The maximum absolute atomic E-state index is 13.3. The number of benzene rings is 2. The molecule has 0 saturated carbocycles. The third-order valence-electron chi connectivity index (χ3n) is 3.95. The number of rotatable bonds is 4. The highest BCUT2D eigenvalue weighted by Gasteiger charge is 2.16. The van der Waals surface area contributed by atoms with Gasteiger partial charge in [0.15, 0.2) is 0 Å². The van der Waals surface area contributed by atoms with Crippen LogP contribution in [0.5, 0.6) is 0 Å². The lowest BCUT2D eigenvalue weighted by molar-refractivity contribution is -0.387. The molecule has 1 amide bonds. The molecule has 0 fully saturated rings. The molecular formula is C17H15FN2O3. The first kappa shape index (κ1) is 15.1. The van der Waals surface area contributed by atoms with Gasteiger partial charge in [0.25, 0.3) is 0 Å². The number of nitro groups is 1. The molecule has 0 aromatic heterocycles. The lowest BCUT2D eigenvalue weighted by Gasteiger charge is -2.07. The number of amides is 1. The summed E-state index contributed by atoms with van der Waals surface area (Å²) in [7, 11) is 0. The Labute approximate surface area is 132 Å². The summed E-state index contributed by atoms with van der Waals surface area (Å²) in [5.74, 6) is -1.21. The normalized spacial score (nSPS) is 12.7. The van der Waals surface area contributed by atoms with Gasteiger partial charge in [-0.1, -0.05) is 18.2 Å². The van der Waals surface area contributed by atoms with Crippen LogP contribution in [0.2, 0.25) is 0 Å². The van der Waals surface area contributed by atoms with Crippen LogP contribution < -0.4 is 5.32 Å². The highest BCUT2D eigenvalue weighted by Crippen LogP contribution is 2.24. The lowest BCUT2D eigenvalue weighted by atomic mass is 10.0. The summed E-state index contributed by atoms with van der Waals surface area (Å²) in [4.78, 5) is 22.0. The van der Waals surface area contributed by atoms with E-state index in [1.165, 1.54) is 17.2 Å². The zero-order chi connectivity index (χ0) is 16.4. The minimum absolute atomic E-state index is 0.179. The summed E-state index contributed by atoms with van der Waals surface area (Å²) in [6.45, 7) is 0. The Bertz CT molecular complexity index is 789. The monoisotopic (exact) mass is 314 g/mol. The predicted molar refractivity (Wildman–Crippen MR) is 83.9 cm³/mol. The Balaban J connectivity index is 1.70. The summed E-state index contributed by atoms with van der Waals surface area (Å²) in [5, 5.41) is 13.3. The Kier molecular flexibility index (Phi) is 4.06. The highest BCUT2D eigenvalue weighted by molar-refractivity contribution is 5.92. The number of nitrogens with one attached hydrogen (secondary N) is 1. The van der Waals surface area contributed by atoms with Crippen molar-refractivity contribution in [1.29, 1.82) is 0 Å². The summed E-state index contributed by atoms with van der Waals surface area (Å²) < 4.78 is 13.3. The topological polar surface area (TPSA) is 72.2 Å². The first-order chi connectivity index (χ1) is 11.0. The van der Waals surface area contributed by atoms with E-state index in [0.29, 0.717) is 0 Å². The smallest absolute Gasteiger partial charge is 0.306 e. The largest absolute Gasteiger partial charge is 0.326 e. The summed E-state index contributed by atoms with van der Waals surface area (Å²) in [6, 6.07) is 9.32. The van der Waals surface area contributed by atoms with Crippen molar-refractivity contribution in [2.75, 3.05) is 5.32 Å². The van der Waals surface area contributed by atoms with E-state index >= 15 is 0 Å². The summed E-state index contributed by atoms with van der Waals surface area (Å²) in [6.07, 6.45) is 3.44. The zero-order valence-electron chi connectivity index (χ0n) is 12.3. The Hall–Kier alpha value is -2.76. The number of hydrogen-bond acceptors (Lipinski definition) is 3. The van der Waals surface area contributed by atoms with Crippen molar-refractivity contribution in [3.8, 4) is 0 Å². The van der Waals surface area contributed by atoms with Gasteiger partial charge in [-0.3, -0.25) is 14.9 Å². The first-order valence-corrected chi connectivity index (χ1v) is 7.37. The second-order valence-corrected chi connectivity index (χ2v) is 5.60. The molecule has 5 nitrogen and oxygen atoms in total. The fraction of sp³-hybridized carbons (Fsp3) is 0.235. The van der Waals surface area contributed by atoms with Crippen LogP contribution in [0.4, 0.5) is 15.8 Å². The molecule has 2 aromatic carbocycles. The van der Waals surface area contributed by atoms with E-state index in [1.54, 1.807) is 0 Å². The molecule has 0 saturated heterocycles. The van der Waals surface area contributed by atoms with Gasteiger partial charge in [0.05, 0.1) is 11.3 Å². The molecule has 23 heavy (non-hydrogen) atoms. The molecule has 0 bridgehead atoms. The molecule has 6 heteroatoms. The molecule has 0 radical (unpaired) electrons. The molecule has 1 aliphatic carbocycles. The molecule has 0 spiro atoms.